The van der Waals surface area contributed by atoms with Gasteiger partial charge in [0.25, 0.3) is 0 Å². The zero-order chi connectivity index (χ0) is 11.3. The first-order valence-corrected chi connectivity index (χ1v) is 5.52. The van der Waals surface area contributed by atoms with E-state index in [1.807, 2.05) is 0 Å². The van der Waals surface area contributed by atoms with Crippen LogP contribution in [0, 0.1) is 6.92 Å². The molecule has 2 nitrogen and oxygen atoms in total. The number of hydrogen-bond acceptors (Lipinski definition) is 1. The molecule has 0 radical (unpaired) electrons. The highest BCUT2D eigenvalue weighted by molar-refractivity contribution is 5.24. The van der Waals surface area contributed by atoms with Crippen LogP contribution in [0.3, 0.4) is 0 Å². The Morgan fingerprint density at radius 1 is 1.19 bits per heavy atom. The molecule has 1 aromatic carbocycles. The van der Waals surface area contributed by atoms with Crippen LogP contribution in [0.25, 0.3) is 0 Å². The lowest BCUT2D eigenvalue weighted by Gasteiger charge is -2.30. The molecule has 0 spiro atoms. The van der Waals surface area contributed by atoms with Gasteiger partial charge in [-0.2, -0.15) is 0 Å². The largest absolute Gasteiger partial charge is 1.00 e. The molecule has 0 amide bonds. The van der Waals surface area contributed by atoms with Gasteiger partial charge in [0.2, 0.25) is 0 Å². The molecule has 1 N–H and O–H groups in total. The number of hydrogen-bond donors (Lipinski definition) is 1. The van der Waals surface area contributed by atoms with Gasteiger partial charge in [-0.1, -0.05) is 24.3 Å². The number of halogens is 1. The van der Waals surface area contributed by atoms with E-state index in [1.54, 1.807) is 0 Å². The predicted octanol–water partition coefficient (Wildman–Crippen LogP) is -1.04. The van der Waals surface area contributed by atoms with Gasteiger partial charge in [-0.05, 0) is 12.5 Å². The Labute approximate surface area is 109 Å². The summed E-state index contributed by atoms with van der Waals surface area (Å²) in [6.45, 7) is 4.49. The summed E-state index contributed by atoms with van der Waals surface area (Å²) in [5.74, 6) is 0. The van der Waals surface area contributed by atoms with Gasteiger partial charge in [0, 0.05) is 18.6 Å². The third-order valence-electron chi connectivity index (χ3n) is 2.78. The Morgan fingerprint density at radius 3 is 2.38 bits per heavy atom. The van der Waals surface area contributed by atoms with Gasteiger partial charge in [0.1, 0.15) is 6.54 Å². The zero-order valence-electron chi connectivity index (χ0n) is 10.4. The number of aliphatic hydroxyl groups is 1. The van der Waals surface area contributed by atoms with E-state index in [1.165, 1.54) is 11.1 Å². The molecule has 0 saturated heterocycles. The van der Waals surface area contributed by atoms with Gasteiger partial charge in [0.05, 0.1) is 20.6 Å². The van der Waals surface area contributed by atoms with Crippen LogP contribution in [0.1, 0.15) is 17.5 Å². The molecule has 0 aromatic heterocycles. The highest BCUT2D eigenvalue weighted by Crippen LogP contribution is 2.13. The monoisotopic (exact) mass is 287 g/mol. The molecular formula is C13H22BrNO. The van der Waals surface area contributed by atoms with Gasteiger partial charge < -0.3 is 26.6 Å². The fourth-order valence-corrected chi connectivity index (χ4v) is 1.83. The van der Waals surface area contributed by atoms with Crippen molar-refractivity contribution in [2.75, 3.05) is 27.2 Å². The molecule has 0 aliphatic carbocycles. The van der Waals surface area contributed by atoms with Crippen LogP contribution in [-0.2, 0) is 6.54 Å². The topological polar surface area (TPSA) is 20.2 Å². The van der Waals surface area contributed by atoms with E-state index in [-0.39, 0.29) is 23.6 Å². The summed E-state index contributed by atoms with van der Waals surface area (Å²) in [4.78, 5) is 0. The van der Waals surface area contributed by atoms with Gasteiger partial charge in [-0.3, -0.25) is 0 Å². The van der Waals surface area contributed by atoms with Crippen LogP contribution in [0.5, 0.6) is 0 Å². The van der Waals surface area contributed by atoms with Crippen molar-refractivity contribution in [3.8, 4) is 0 Å². The molecular weight excluding hydrogens is 266 g/mol. The third-order valence-corrected chi connectivity index (χ3v) is 2.78. The standard InChI is InChI=1S/C13H22NO.BrH/c1-12-7-4-5-8-13(12)11-14(2,3)9-6-10-15;/h4-5,7-8,15H,6,9-11H2,1-3H3;1H/q+1;/p-1. The Kier molecular flexibility index (Phi) is 6.88. The summed E-state index contributed by atoms with van der Waals surface area (Å²) < 4.78 is 0.936. The first kappa shape index (κ1) is 15.6. The summed E-state index contributed by atoms with van der Waals surface area (Å²) in [7, 11) is 4.42. The number of aliphatic hydroxyl groups excluding tert-OH is 1. The smallest absolute Gasteiger partial charge is 0.104 e. The first-order chi connectivity index (χ1) is 7.05. The maximum absolute atomic E-state index is 8.84. The van der Waals surface area contributed by atoms with Crippen molar-refractivity contribution >= 4 is 0 Å². The van der Waals surface area contributed by atoms with Crippen molar-refractivity contribution in [3.63, 3.8) is 0 Å². The van der Waals surface area contributed by atoms with Crippen molar-refractivity contribution in [1.29, 1.82) is 0 Å². The average Bonchev–Trinajstić information content (AvgIpc) is 2.18. The SMILES string of the molecule is Cc1ccccc1C[N+](C)(C)CCCO.[Br-]. The molecule has 0 bridgehead atoms. The molecule has 0 fully saturated rings. The number of aryl methyl sites for hydroxylation is 1. The molecule has 0 unspecified atom stereocenters. The quantitative estimate of drug-likeness (QED) is 0.686. The van der Waals surface area contributed by atoms with Crippen LogP contribution in [0.15, 0.2) is 24.3 Å². The number of quaternary nitrogens is 1. The van der Waals surface area contributed by atoms with Gasteiger partial charge in [-0.25, -0.2) is 0 Å². The number of rotatable bonds is 5. The average molecular weight is 288 g/mol. The minimum Gasteiger partial charge on any atom is -1.00 e. The highest BCUT2D eigenvalue weighted by atomic mass is 79.9. The van der Waals surface area contributed by atoms with Crippen molar-refractivity contribution in [3.05, 3.63) is 35.4 Å². The Balaban J connectivity index is 0.00000225. The van der Waals surface area contributed by atoms with Crippen LogP contribution in [0.4, 0.5) is 0 Å². The predicted molar refractivity (Wildman–Crippen MR) is 63.6 cm³/mol. The molecule has 0 aliphatic rings. The van der Waals surface area contributed by atoms with Crippen molar-refractivity contribution < 1.29 is 26.6 Å². The zero-order valence-corrected chi connectivity index (χ0v) is 12.0. The molecule has 1 rings (SSSR count). The summed E-state index contributed by atoms with van der Waals surface area (Å²) >= 11 is 0. The Bertz CT molecular complexity index is 313. The van der Waals surface area contributed by atoms with Crippen molar-refractivity contribution in [2.45, 2.75) is 19.9 Å². The van der Waals surface area contributed by atoms with E-state index in [4.69, 9.17) is 5.11 Å². The molecule has 0 heterocycles. The molecule has 1 aromatic rings. The van der Waals surface area contributed by atoms with Gasteiger partial charge in [-0.15, -0.1) is 0 Å². The minimum absolute atomic E-state index is 0. The van der Waals surface area contributed by atoms with Crippen LogP contribution in [-0.4, -0.2) is 36.8 Å². The highest BCUT2D eigenvalue weighted by Gasteiger charge is 2.15. The second kappa shape index (κ2) is 7.05. The number of benzene rings is 1. The summed E-state index contributed by atoms with van der Waals surface area (Å²) in [6, 6.07) is 8.51. The molecule has 0 saturated carbocycles. The van der Waals surface area contributed by atoms with Crippen molar-refractivity contribution in [2.24, 2.45) is 0 Å². The van der Waals surface area contributed by atoms with E-state index >= 15 is 0 Å². The molecule has 0 atom stereocenters. The lowest BCUT2D eigenvalue weighted by atomic mass is 10.1. The fourth-order valence-electron chi connectivity index (χ4n) is 1.83. The molecule has 92 valence electrons. The Hall–Kier alpha value is -0.380. The molecule has 3 heteroatoms. The minimum atomic E-state index is 0. The van der Waals surface area contributed by atoms with E-state index in [9.17, 15) is 0 Å². The first-order valence-electron chi connectivity index (χ1n) is 5.52. The van der Waals surface area contributed by atoms with Crippen LogP contribution in [0.2, 0.25) is 0 Å². The normalized spacial score (nSPS) is 11.0. The molecule has 16 heavy (non-hydrogen) atoms. The van der Waals surface area contributed by atoms with Gasteiger partial charge >= 0.3 is 0 Å². The maximum Gasteiger partial charge on any atom is 0.104 e. The number of nitrogens with zero attached hydrogens (tertiary/aromatic N) is 1. The van der Waals surface area contributed by atoms with E-state index in [0.717, 1.165) is 24.0 Å². The third kappa shape index (κ3) is 5.10. The van der Waals surface area contributed by atoms with Crippen LogP contribution >= 0.6 is 0 Å². The van der Waals surface area contributed by atoms with E-state index in [2.05, 4.69) is 45.3 Å². The van der Waals surface area contributed by atoms with Gasteiger partial charge in [0.15, 0.2) is 0 Å². The lowest BCUT2D eigenvalue weighted by molar-refractivity contribution is -0.903. The second-order valence-corrected chi connectivity index (χ2v) is 4.82. The lowest BCUT2D eigenvalue weighted by Crippen LogP contribution is -3.00. The summed E-state index contributed by atoms with van der Waals surface area (Å²) in [5, 5.41) is 8.84. The van der Waals surface area contributed by atoms with Crippen molar-refractivity contribution in [1.82, 2.24) is 0 Å². The van der Waals surface area contributed by atoms with Crippen LogP contribution < -0.4 is 17.0 Å². The summed E-state index contributed by atoms with van der Waals surface area (Å²) in [5.41, 5.74) is 2.76. The summed E-state index contributed by atoms with van der Waals surface area (Å²) in [6.07, 6.45) is 0.874. The van der Waals surface area contributed by atoms with E-state index < -0.39 is 0 Å². The Morgan fingerprint density at radius 2 is 1.81 bits per heavy atom. The maximum atomic E-state index is 8.84. The molecule has 0 aliphatic heterocycles. The fraction of sp³-hybridized carbons (Fsp3) is 0.538. The second-order valence-electron chi connectivity index (χ2n) is 4.82. The van der Waals surface area contributed by atoms with E-state index in [0.29, 0.717) is 0 Å².